The number of alkyl halides is 3. The molecule has 0 fully saturated rings. The number of fused-ring (bicyclic) bond motifs is 1. The van der Waals surface area contributed by atoms with Gasteiger partial charge in [0.2, 0.25) is 5.60 Å². The molecule has 136 valence electrons. The number of carbonyl (C=O) groups is 1. The molecule has 0 aliphatic carbocycles. The van der Waals surface area contributed by atoms with Crippen LogP contribution in [-0.4, -0.2) is 39.5 Å². The third kappa shape index (κ3) is 2.84. The number of hydrogen-bond acceptors (Lipinski definition) is 8. The number of hydrogen-bond donors (Lipinski definition) is 2. The van der Waals surface area contributed by atoms with Crippen LogP contribution in [0.2, 0.25) is 0 Å². The zero-order valence-corrected chi connectivity index (χ0v) is 13.9. The van der Waals surface area contributed by atoms with Crippen molar-refractivity contribution in [2.45, 2.75) is 11.8 Å². The summed E-state index contributed by atoms with van der Waals surface area (Å²) in [6.07, 6.45) is -4.19. The highest BCUT2D eigenvalue weighted by Crippen LogP contribution is 2.44. The van der Waals surface area contributed by atoms with Gasteiger partial charge in [0.15, 0.2) is 5.13 Å². The average Bonchev–Trinajstić information content (AvgIpc) is 2.98. The van der Waals surface area contributed by atoms with E-state index in [0.717, 1.165) is 42.8 Å². The summed E-state index contributed by atoms with van der Waals surface area (Å²) in [5.41, 5.74) is 0.839. The van der Waals surface area contributed by atoms with E-state index in [0.29, 0.717) is 10.2 Å². The van der Waals surface area contributed by atoms with Gasteiger partial charge in [0.1, 0.15) is 5.69 Å². The van der Waals surface area contributed by atoms with Crippen molar-refractivity contribution < 1.29 is 27.8 Å². The molecule has 3 rings (SSSR count). The van der Waals surface area contributed by atoms with Gasteiger partial charge in [-0.3, -0.25) is 0 Å². The molecule has 0 amide bonds. The molecule has 0 radical (unpaired) electrons. The molecule has 0 aliphatic heterocycles. The van der Waals surface area contributed by atoms with Crippen LogP contribution in [0, 0.1) is 0 Å². The zero-order valence-electron chi connectivity index (χ0n) is 13.1. The zero-order chi connectivity index (χ0) is 19.1. The average molecular weight is 384 g/mol. The summed E-state index contributed by atoms with van der Waals surface area (Å²) in [4.78, 5) is 15.5. The van der Waals surface area contributed by atoms with Crippen LogP contribution < -0.4 is 5.73 Å². The predicted octanol–water partition coefficient (Wildman–Crippen LogP) is 2.25. The summed E-state index contributed by atoms with van der Waals surface area (Å²) in [5.74, 6) is -0.906. The van der Waals surface area contributed by atoms with Crippen molar-refractivity contribution in [1.29, 1.82) is 0 Å². The number of nitrogens with two attached hydrogens (primary N) is 1. The summed E-state index contributed by atoms with van der Waals surface area (Å²) >= 11 is 0.978. The first-order valence-electron chi connectivity index (χ1n) is 7.04. The third-order valence-corrected chi connectivity index (χ3v) is 4.53. The Morgan fingerprint density at radius 3 is 2.69 bits per heavy atom. The van der Waals surface area contributed by atoms with Crippen LogP contribution in [0.4, 0.5) is 18.3 Å². The molecule has 1 atom stereocenters. The fourth-order valence-corrected chi connectivity index (χ4v) is 3.17. The number of rotatable bonds is 3. The molecular formula is C15H11F3N4O3S. The van der Waals surface area contributed by atoms with E-state index in [4.69, 9.17) is 5.73 Å². The number of ether oxygens (including phenoxy) is 1. The molecule has 0 spiro atoms. The van der Waals surface area contributed by atoms with Crippen molar-refractivity contribution in [3.63, 3.8) is 0 Å². The van der Waals surface area contributed by atoms with Crippen LogP contribution in [0.15, 0.2) is 30.5 Å². The largest absolute Gasteiger partial charge is 0.465 e. The number of esters is 1. The lowest BCUT2D eigenvalue weighted by Gasteiger charge is -2.30. The van der Waals surface area contributed by atoms with Crippen LogP contribution in [-0.2, 0) is 10.3 Å². The van der Waals surface area contributed by atoms with Crippen molar-refractivity contribution >= 4 is 32.7 Å². The van der Waals surface area contributed by atoms with Crippen molar-refractivity contribution in [1.82, 2.24) is 15.2 Å². The number of anilines is 1. The second-order valence-electron chi connectivity index (χ2n) is 5.26. The lowest BCUT2D eigenvalue weighted by Crippen LogP contribution is -2.44. The molecule has 2 aromatic heterocycles. The highest BCUT2D eigenvalue weighted by Gasteiger charge is 2.58. The molecule has 0 aliphatic rings. The molecule has 0 bridgehead atoms. The van der Waals surface area contributed by atoms with Gasteiger partial charge in [0, 0.05) is 5.56 Å². The van der Waals surface area contributed by atoms with Crippen molar-refractivity contribution in [3.8, 4) is 0 Å². The minimum absolute atomic E-state index is 0.181. The number of methoxy groups -OCH3 is 1. The summed E-state index contributed by atoms with van der Waals surface area (Å²) < 4.78 is 46.3. The molecule has 1 unspecified atom stereocenters. The Bertz CT molecular complexity index is 992. The number of nitrogens with zero attached hydrogens (tertiary/aromatic N) is 3. The topological polar surface area (TPSA) is 111 Å². The maximum absolute atomic E-state index is 13.8. The van der Waals surface area contributed by atoms with Crippen molar-refractivity contribution in [2.24, 2.45) is 0 Å². The molecule has 7 nitrogen and oxygen atoms in total. The summed E-state index contributed by atoms with van der Waals surface area (Å²) in [6.45, 7) is 0. The smallest absolute Gasteiger partial charge is 0.427 e. The minimum atomic E-state index is -5.14. The maximum Gasteiger partial charge on any atom is 0.427 e. The summed E-state index contributed by atoms with van der Waals surface area (Å²) in [7, 11) is 1.07. The van der Waals surface area contributed by atoms with Crippen molar-refractivity contribution in [3.05, 3.63) is 47.3 Å². The first-order valence-corrected chi connectivity index (χ1v) is 7.85. The quantitative estimate of drug-likeness (QED) is 0.666. The number of benzene rings is 1. The Labute approximate surface area is 148 Å². The van der Waals surface area contributed by atoms with Crippen LogP contribution in [0.25, 0.3) is 10.2 Å². The number of aromatic nitrogens is 3. The molecule has 0 saturated carbocycles. The fraction of sp³-hybridized carbons (Fsp3) is 0.200. The number of halogens is 3. The standard InChI is InChI=1S/C15H11F3N4O3S/c1-25-12(23)7-4-11(22-20-6-7)14(24,15(16,17)18)8-2-3-9-10(5-8)26-13(19)21-9/h2-6,24H,1H3,(H2,19,21). The Morgan fingerprint density at radius 1 is 1.31 bits per heavy atom. The van der Waals surface area contributed by atoms with E-state index in [9.17, 15) is 23.1 Å². The normalized spacial score (nSPS) is 14.2. The van der Waals surface area contributed by atoms with E-state index in [1.807, 2.05) is 0 Å². The van der Waals surface area contributed by atoms with E-state index in [-0.39, 0.29) is 10.7 Å². The highest BCUT2D eigenvalue weighted by atomic mass is 32.1. The molecule has 3 aromatic rings. The van der Waals surface area contributed by atoms with Crippen LogP contribution in [0.5, 0.6) is 0 Å². The monoisotopic (exact) mass is 384 g/mol. The lowest BCUT2D eigenvalue weighted by atomic mass is 9.88. The molecule has 26 heavy (non-hydrogen) atoms. The predicted molar refractivity (Wildman–Crippen MR) is 86.5 cm³/mol. The van der Waals surface area contributed by atoms with Gasteiger partial charge in [0.25, 0.3) is 0 Å². The van der Waals surface area contributed by atoms with Crippen LogP contribution in [0.3, 0.4) is 0 Å². The number of aliphatic hydroxyl groups is 1. The fourth-order valence-electron chi connectivity index (χ4n) is 2.40. The maximum atomic E-state index is 13.8. The van der Waals surface area contributed by atoms with Crippen LogP contribution in [0.1, 0.15) is 21.6 Å². The van der Waals surface area contributed by atoms with Gasteiger partial charge in [-0.15, -0.1) is 0 Å². The van der Waals surface area contributed by atoms with Gasteiger partial charge < -0.3 is 15.6 Å². The van der Waals surface area contributed by atoms with Gasteiger partial charge >= 0.3 is 12.1 Å². The highest BCUT2D eigenvalue weighted by molar-refractivity contribution is 7.22. The van der Waals surface area contributed by atoms with E-state index >= 15 is 0 Å². The molecule has 3 N–H and O–H groups in total. The Kier molecular flexibility index (Phi) is 4.28. The van der Waals surface area contributed by atoms with E-state index in [1.54, 1.807) is 0 Å². The number of nitrogen functional groups attached to an aromatic ring is 1. The molecule has 11 heteroatoms. The van der Waals surface area contributed by atoms with Gasteiger partial charge in [0.05, 0.1) is 29.1 Å². The second-order valence-corrected chi connectivity index (χ2v) is 6.33. The van der Waals surface area contributed by atoms with Gasteiger partial charge in [-0.25, -0.2) is 9.78 Å². The molecular weight excluding hydrogens is 373 g/mol. The Balaban J connectivity index is 2.22. The third-order valence-electron chi connectivity index (χ3n) is 3.68. The first-order chi connectivity index (χ1) is 12.2. The Morgan fingerprint density at radius 2 is 2.04 bits per heavy atom. The second kappa shape index (κ2) is 6.18. The van der Waals surface area contributed by atoms with Gasteiger partial charge in [-0.1, -0.05) is 17.4 Å². The van der Waals surface area contributed by atoms with Crippen molar-refractivity contribution in [2.75, 3.05) is 12.8 Å². The van der Waals surface area contributed by atoms with E-state index in [2.05, 4.69) is 19.9 Å². The van der Waals surface area contributed by atoms with E-state index < -0.39 is 29.0 Å². The van der Waals surface area contributed by atoms with Gasteiger partial charge in [-0.05, 0) is 18.2 Å². The molecule has 1 aromatic carbocycles. The van der Waals surface area contributed by atoms with E-state index in [1.165, 1.54) is 6.07 Å². The molecule has 2 heterocycles. The molecule has 0 saturated heterocycles. The summed E-state index contributed by atoms with van der Waals surface area (Å²) in [5, 5.41) is 17.6. The first kappa shape index (κ1) is 18.0. The number of carbonyl (C=O) groups excluding carboxylic acids is 1. The lowest BCUT2D eigenvalue weighted by molar-refractivity contribution is -0.250. The SMILES string of the molecule is COC(=O)c1cnnc(C(O)(c2ccc3nc(N)sc3c2)C(F)(F)F)c1. The minimum Gasteiger partial charge on any atom is -0.465 e. The number of thiazole rings is 1. The van der Waals surface area contributed by atoms with Crippen LogP contribution >= 0.6 is 11.3 Å². The summed E-state index contributed by atoms with van der Waals surface area (Å²) in [6, 6.07) is 4.30. The Hall–Kier alpha value is -2.79. The van der Waals surface area contributed by atoms with Gasteiger partial charge in [-0.2, -0.15) is 23.4 Å².